The Labute approximate surface area is 188 Å². The average Bonchev–Trinajstić information content (AvgIpc) is 2.70. The van der Waals surface area contributed by atoms with Gasteiger partial charge in [0, 0.05) is 22.7 Å². The van der Waals surface area contributed by atoms with E-state index in [2.05, 4.69) is 26.6 Å². The van der Waals surface area contributed by atoms with Crippen LogP contribution in [-0.2, 0) is 22.6 Å². The van der Waals surface area contributed by atoms with Gasteiger partial charge >= 0.3 is 12.0 Å². The van der Waals surface area contributed by atoms with Gasteiger partial charge in [-0.05, 0) is 42.7 Å². The van der Waals surface area contributed by atoms with Crippen LogP contribution in [0.25, 0.3) is 0 Å². The fraction of sp³-hybridized carbons (Fsp3) is 0.318. The van der Waals surface area contributed by atoms with Gasteiger partial charge in [0.25, 0.3) is 0 Å². The Morgan fingerprint density at radius 2 is 1.87 bits per heavy atom. The number of urea groups is 1. The molecule has 4 N–H and O–H groups in total. The molecule has 3 atom stereocenters. The van der Waals surface area contributed by atoms with Crippen LogP contribution in [0.4, 0.5) is 10.5 Å². The fourth-order valence-electron chi connectivity index (χ4n) is 3.67. The molecule has 0 fully saturated rings. The van der Waals surface area contributed by atoms with Crippen LogP contribution in [0.3, 0.4) is 0 Å². The zero-order chi connectivity index (χ0) is 22.5. The smallest absolute Gasteiger partial charge is 0.319 e. The van der Waals surface area contributed by atoms with Gasteiger partial charge in [-0.25, -0.2) is 4.79 Å². The lowest BCUT2D eigenvalue weighted by Gasteiger charge is -2.39. The van der Waals surface area contributed by atoms with Gasteiger partial charge in [-0.3, -0.25) is 9.59 Å². The number of aliphatic hydroxyl groups is 1. The summed E-state index contributed by atoms with van der Waals surface area (Å²) in [6, 6.07) is 12.0. The molecule has 1 aliphatic heterocycles. The van der Waals surface area contributed by atoms with Crippen molar-refractivity contribution in [3.8, 4) is 0 Å². The predicted octanol–water partition coefficient (Wildman–Crippen LogP) is 2.75. The summed E-state index contributed by atoms with van der Waals surface area (Å²) in [5, 5.41) is 24.7. The van der Waals surface area contributed by atoms with Crippen molar-refractivity contribution in [1.29, 1.82) is 0 Å². The molecule has 3 amide bonds. The predicted molar refractivity (Wildman–Crippen MR) is 119 cm³/mol. The van der Waals surface area contributed by atoms with Crippen LogP contribution in [0.5, 0.6) is 0 Å². The SMILES string of the molecule is CC(O)C(NC(=O)Nc1cccc(Br)c1)C(=O)N1Cc2ccccc2C[C@@H]1CC(=O)O. The van der Waals surface area contributed by atoms with E-state index in [9.17, 15) is 24.6 Å². The molecule has 1 aliphatic rings. The topological polar surface area (TPSA) is 119 Å². The van der Waals surface area contributed by atoms with Crippen LogP contribution >= 0.6 is 15.9 Å². The fourth-order valence-corrected chi connectivity index (χ4v) is 4.07. The van der Waals surface area contributed by atoms with E-state index in [4.69, 9.17) is 0 Å². The van der Waals surface area contributed by atoms with Crippen LogP contribution < -0.4 is 10.6 Å². The standard InChI is InChI=1S/C22H24BrN3O5/c1-13(27)20(25-22(31)24-17-8-4-7-16(23)10-17)21(30)26-12-15-6-3-2-5-14(15)9-18(26)11-19(28)29/h2-8,10,13,18,20,27H,9,11-12H2,1H3,(H,28,29)(H2,24,25,31)/t13?,18-,20?/m1/s1. The first-order chi connectivity index (χ1) is 14.7. The highest BCUT2D eigenvalue weighted by molar-refractivity contribution is 9.10. The molecular formula is C22H24BrN3O5. The molecule has 0 aliphatic carbocycles. The second-order valence-corrected chi connectivity index (χ2v) is 8.43. The van der Waals surface area contributed by atoms with Crippen molar-refractivity contribution >= 4 is 39.5 Å². The summed E-state index contributed by atoms with van der Waals surface area (Å²) in [5.74, 6) is -1.55. The van der Waals surface area contributed by atoms with Gasteiger partial charge < -0.3 is 25.7 Å². The van der Waals surface area contributed by atoms with E-state index in [1.807, 2.05) is 30.3 Å². The highest BCUT2D eigenvalue weighted by atomic mass is 79.9. The lowest BCUT2D eigenvalue weighted by atomic mass is 9.91. The first-order valence-corrected chi connectivity index (χ1v) is 10.6. The van der Waals surface area contributed by atoms with Crippen LogP contribution in [-0.4, -0.2) is 51.2 Å². The number of fused-ring (bicyclic) bond motifs is 1. The molecule has 164 valence electrons. The van der Waals surface area contributed by atoms with Crippen molar-refractivity contribution in [2.24, 2.45) is 0 Å². The highest BCUT2D eigenvalue weighted by Crippen LogP contribution is 2.26. The number of amides is 3. The minimum Gasteiger partial charge on any atom is -0.481 e. The largest absolute Gasteiger partial charge is 0.481 e. The summed E-state index contributed by atoms with van der Waals surface area (Å²) in [6.07, 6.45) is -1.01. The number of carbonyl (C=O) groups excluding carboxylic acids is 2. The third kappa shape index (κ3) is 5.83. The van der Waals surface area contributed by atoms with E-state index in [0.29, 0.717) is 12.1 Å². The minimum atomic E-state index is -1.23. The number of nitrogens with one attached hydrogen (secondary N) is 2. The Morgan fingerprint density at radius 3 is 2.52 bits per heavy atom. The number of aliphatic hydroxyl groups excluding tert-OH is 1. The Bertz CT molecular complexity index is 981. The summed E-state index contributed by atoms with van der Waals surface area (Å²) in [6.45, 7) is 1.62. The van der Waals surface area contributed by atoms with E-state index in [1.54, 1.807) is 18.2 Å². The molecule has 2 aromatic carbocycles. The molecule has 31 heavy (non-hydrogen) atoms. The number of carboxylic acids is 1. The zero-order valence-electron chi connectivity index (χ0n) is 16.9. The second kappa shape index (κ2) is 9.93. The number of rotatable bonds is 6. The van der Waals surface area contributed by atoms with E-state index in [0.717, 1.165) is 15.6 Å². The zero-order valence-corrected chi connectivity index (χ0v) is 18.5. The number of nitrogens with zero attached hydrogens (tertiary/aromatic N) is 1. The number of aliphatic carboxylic acids is 1. The number of hydrogen-bond acceptors (Lipinski definition) is 4. The van der Waals surface area contributed by atoms with Gasteiger partial charge in [-0.15, -0.1) is 0 Å². The molecule has 0 bridgehead atoms. The summed E-state index contributed by atoms with van der Waals surface area (Å²) in [4.78, 5) is 38.6. The molecule has 1 heterocycles. The lowest BCUT2D eigenvalue weighted by molar-refractivity contribution is -0.143. The van der Waals surface area contributed by atoms with E-state index >= 15 is 0 Å². The summed E-state index contributed by atoms with van der Waals surface area (Å²) >= 11 is 3.32. The third-order valence-electron chi connectivity index (χ3n) is 5.17. The Kier molecular flexibility index (Phi) is 7.29. The highest BCUT2D eigenvalue weighted by Gasteiger charge is 2.37. The molecule has 8 nitrogen and oxygen atoms in total. The second-order valence-electron chi connectivity index (χ2n) is 7.52. The van der Waals surface area contributed by atoms with Crippen molar-refractivity contribution in [3.63, 3.8) is 0 Å². The Hall–Kier alpha value is -2.91. The lowest BCUT2D eigenvalue weighted by Crippen LogP contribution is -2.58. The van der Waals surface area contributed by atoms with E-state index < -0.39 is 36.1 Å². The van der Waals surface area contributed by atoms with Gasteiger partial charge in [0.15, 0.2) is 0 Å². The van der Waals surface area contributed by atoms with Gasteiger partial charge in [-0.1, -0.05) is 46.3 Å². The summed E-state index contributed by atoms with van der Waals surface area (Å²) in [5.41, 5.74) is 2.42. The van der Waals surface area contributed by atoms with Crippen molar-refractivity contribution in [2.45, 2.75) is 44.5 Å². The number of hydrogen-bond donors (Lipinski definition) is 4. The maximum atomic E-state index is 13.3. The first-order valence-electron chi connectivity index (χ1n) is 9.85. The van der Waals surface area contributed by atoms with Gasteiger partial charge in [0.2, 0.25) is 5.91 Å². The summed E-state index contributed by atoms with van der Waals surface area (Å²) in [7, 11) is 0. The number of carbonyl (C=O) groups is 3. The Balaban J connectivity index is 1.78. The molecule has 0 aromatic heterocycles. The van der Waals surface area contributed by atoms with E-state index in [-0.39, 0.29) is 13.0 Å². The maximum absolute atomic E-state index is 13.3. The van der Waals surface area contributed by atoms with Crippen molar-refractivity contribution in [2.75, 3.05) is 5.32 Å². The van der Waals surface area contributed by atoms with E-state index in [1.165, 1.54) is 11.8 Å². The molecular weight excluding hydrogens is 466 g/mol. The van der Waals surface area contributed by atoms with Crippen molar-refractivity contribution in [3.05, 3.63) is 64.1 Å². The maximum Gasteiger partial charge on any atom is 0.319 e. The number of carboxylic acid groups (broad SMARTS) is 1. The minimum absolute atomic E-state index is 0.213. The molecule has 0 saturated carbocycles. The summed E-state index contributed by atoms with van der Waals surface area (Å²) < 4.78 is 0.775. The van der Waals surface area contributed by atoms with Crippen molar-refractivity contribution in [1.82, 2.24) is 10.2 Å². The van der Waals surface area contributed by atoms with Gasteiger partial charge in [0.1, 0.15) is 6.04 Å². The van der Waals surface area contributed by atoms with Crippen LogP contribution in [0.2, 0.25) is 0 Å². The van der Waals surface area contributed by atoms with Crippen LogP contribution in [0.1, 0.15) is 24.5 Å². The monoisotopic (exact) mass is 489 g/mol. The molecule has 0 saturated heterocycles. The molecule has 9 heteroatoms. The molecule has 3 rings (SSSR count). The third-order valence-corrected chi connectivity index (χ3v) is 5.66. The molecule has 0 spiro atoms. The number of anilines is 1. The normalized spacial score (nSPS) is 17.3. The Morgan fingerprint density at radius 1 is 1.16 bits per heavy atom. The van der Waals surface area contributed by atoms with Crippen LogP contribution in [0, 0.1) is 0 Å². The average molecular weight is 490 g/mol. The quantitative estimate of drug-likeness (QED) is 0.497. The van der Waals surface area contributed by atoms with Gasteiger partial charge in [0.05, 0.1) is 12.5 Å². The first kappa shape index (κ1) is 22.8. The number of benzene rings is 2. The van der Waals surface area contributed by atoms with Crippen molar-refractivity contribution < 1.29 is 24.6 Å². The molecule has 2 unspecified atom stereocenters. The van der Waals surface area contributed by atoms with Gasteiger partial charge in [-0.2, -0.15) is 0 Å². The molecule has 2 aromatic rings. The molecule has 0 radical (unpaired) electrons. The number of halogens is 1. The van der Waals surface area contributed by atoms with Crippen LogP contribution in [0.15, 0.2) is 53.0 Å².